The standard InChI is InChI=1S/C28H25BrClFN4O/c1-18-4-5-19(13-24(18)31)3-2-11-34-12-9-26-23(17-34)22-15-21(29)6-7-25(22)35(26)28(36)33-16-20-8-10-32-27(30)14-20/h2-8,10,13-15H,9,11-12,16-17H2,1H3,(H,33,36)/b3-2+. The fourth-order valence-electron chi connectivity index (χ4n) is 4.63. The van der Waals surface area contributed by atoms with Gasteiger partial charge in [-0.15, -0.1) is 0 Å². The minimum Gasteiger partial charge on any atom is -0.333 e. The van der Waals surface area contributed by atoms with Crippen LogP contribution >= 0.6 is 27.5 Å². The molecule has 2 aromatic heterocycles. The van der Waals surface area contributed by atoms with Crippen molar-refractivity contribution in [3.8, 4) is 0 Å². The van der Waals surface area contributed by atoms with Crippen LogP contribution in [0.2, 0.25) is 5.15 Å². The quantitative estimate of drug-likeness (QED) is 0.272. The summed E-state index contributed by atoms with van der Waals surface area (Å²) < 4.78 is 16.6. The first-order valence-corrected chi connectivity index (χ1v) is 12.9. The number of aryl methyl sites for hydroxylation is 1. The van der Waals surface area contributed by atoms with Crippen molar-refractivity contribution in [3.05, 3.63) is 104 Å². The number of benzene rings is 2. The number of nitrogens with one attached hydrogen (secondary N) is 1. The number of rotatable bonds is 5. The summed E-state index contributed by atoms with van der Waals surface area (Å²) in [7, 11) is 0. The van der Waals surface area contributed by atoms with Gasteiger partial charge in [-0.05, 0) is 65.6 Å². The molecule has 0 aliphatic carbocycles. The summed E-state index contributed by atoms with van der Waals surface area (Å²) in [6.45, 7) is 4.42. The predicted molar refractivity (Wildman–Crippen MR) is 146 cm³/mol. The topological polar surface area (TPSA) is 50.2 Å². The van der Waals surface area contributed by atoms with Crippen LogP contribution in [0.4, 0.5) is 9.18 Å². The van der Waals surface area contributed by atoms with Gasteiger partial charge in [-0.1, -0.05) is 51.8 Å². The summed E-state index contributed by atoms with van der Waals surface area (Å²) in [5.41, 5.74) is 5.47. The number of hydrogen-bond acceptors (Lipinski definition) is 3. The van der Waals surface area contributed by atoms with E-state index in [1.54, 1.807) is 31.3 Å². The van der Waals surface area contributed by atoms with E-state index in [9.17, 15) is 9.18 Å². The van der Waals surface area contributed by atoms with Crippen molar-refractivity contribution in [1.29, 1.82) is 0 Å². The molecule has 0 fully saturated rings. The average molecular weight is 568 g/mol. The highest BCUT2D eigenvalue weighted by atomic mass is 79.9. The second kappa shape index (κ2) is 10.5. The van der Waals surface area contributed by atoms with E-state index in [1.165, 1.54) is 0 Å². The molecular formula is C28H25BrClFN4O. The second-order valence-electron chi connectivity index (χ2n) is 8.96. The Kier molecular flexibility index (Phi) is 7.23. The van der Waals surface area contributed by atoms with E-state index in [0.717, 1.165) is 63.8 Å². The molecule has 1 aliphatic rings. The molecule has 0 spiro atoms. The van der Waals surface area contributed by atoms with Crippen molar-refractivity contribution in [2.45, 2.75) is 26.4 Å². The summed E-state index contributed by atoms with van der Waals surface area (Å²) in [5, 5.41) is 4.49. The molecule has 5 nitrogen and oxygen atoms in total. The Morgan fingerprint density at radius 3 is 2.89 bits per heavy atom. The highest BCUT2D eigenvalue weighted by Gasteiger charge is 2.26. The number of amides is 1. The van der Waals surface area contributed by atoms with E-state index in [1.807, 2.05) is 34.9 Å². The van der Waals surface area contributed by atoms with Crippen LogP contribution in [0.25, 0.3) is 17.0 Å². The van der Waals surface area contributed by atoms with Crippen LogP contribution in [0.3, 0.4) is 0 Å². The molecule has 0 saturated heterocycles. The van der Waals surface area contributed by atoms with Gasteiger partial charge in [0.25, 0.3) is 0 Å². The third kappa shape index (κ3) is 5.24. The largest absolute Gasteiger partial charge is 0.333 e. The van der Waals surface area contributed by atoms with Gasteiger partial charge in [-0.2, -0.15) is 0 Å². The number of aromatic nitrogens is 2. The van der Waals surface area contributed by atoms with Gasteiger partial charge in [-0.3, -0.25) is 9.47 Å². The Bertz CT molecular complexity index is 1480. The SMILES string of the molecule is Cc1ccc(/C=C/CN2CCc3c(c4cc(Br)ccc4n3C(=O)NCc3ccnc(Cl)c3)C2)cc1F. The molecule has 0 bridgehead atoms. The molecule has 8 heteroatoms. The van der Waals surface area contributed by atoms with Gasteiger partial charge < -0.3 is 5.32 Å². The summed E-state index contributed by atoms with van der Waals surface area (Å²) in [4.78, 5) is 19.7. The highest BCUT2D eigenvalue weighted by molar-refractivity contribution is 9.10. The fraction of sp³-hybridized carbons (Fsp3) is 0.214. The molecule has 36 heavy (non-hydrogen) atoms. The van der Waals surface area contributed by atoms with Gasteiger partial charge in [0, 0.05) is 54.3 Å². The minimum atomic E-state index is -0.191. The highest BCUT2D eigenvalue weighted by Crippen LogP contribution is 2.33. The molecule has 2 aromatic carbocycles. The Balaban J connectivity index is 1.36. The van der Waals surface area contributed by atoms with E-state index in [4.69, 9.17) is 11.6 Å². The van der Waals surface area contributed by atoms with Gasteiger partial charge in [0.05, 0.1) is 5.52 Å². The Morgan fingerprint density at radius 1 is 1.22 bits per heavy atom. The number of carbonyl (C=O) groups excluding carboxylic acids is 1. The molecule has 0 radical (unpaired) electrons. The maximum absolute atomic E-state index is 13.9. The molecule has 0 saturated carbocycles. The van der Waals surface area contributed by atoms with Gasteiger partial charge in [0.1, 0.15) is 11.0 Å². The van der Waals surface area contributed by atoms with Crippen molar-refractivity contribution in [3.63, 3.8) is 0 Å². The number of nitrogens with zero attached hydrogens (tertiary/aromatic N) is 3. The molecule has 1 amide bonds. The molecule has 5 rings (SSSR count). The van der Waals surface area contributed by atoms with Gasteiger partial charge in [0.2, 0.25) is 0 Å². The van der Waals surface area contributed by atoms with Crippen LogP contribution in [-0.2, 0) is 19.5 Å². The minimum absolute atomic E-state index is 0.161. The lowest BCUT2D eigenvalue weighted by Gasteiger charge is -2.27. The zero-order chi connectivity index (χ0) is 25.2. The van der Waals surface area contributed by atoms with E-state index >= 15 is 0 Å². The lowest BCUT2D eigenvalue weighted by molar-refractivity contribution is 0.240. The molecule has 0 unspecified atom stereocenters. The summed E-state index contributed by atoms with van der Waals surface area (Å²) >= 11 is 9.57. The van der Waals surface area contributed by atoms with Crippen LogP contribution in [0, 0.1) is 12.7 Å². The molecular weight excluding hydrogens is 543 g/mol. The van der Waals surface area contributed by atoms with E-state index < -0.39 is 0 Å². The zero-order valence-electron chi connectivity index (χ0n) is 19.8. The lowest BCUT2D eigenvalue weighted by atomic mass is 10.0. The van der Waals surface area contributed by atoms with E-state index in [2.05, 4.69) is 43.3 Å². The number of fused-ring (bicyclic) bond motifs is 3. The Hall–Kier alpha value is -3.00. The van der Waals surface area contributed by atoms with Crippen molar-refractivity contribution in [2.75, 3.05) is 13.1 Å². The van der Waals surface area contributed by atoms with Gasteiger partial charge in [0.15, 0.2) is 0 Å². The predicted octanol–water partition coefficient (Wildman–Crippen LogP) is 6.73. The van der Waals surface area contributed by atoms with Crippen LogP contribution in [0.1, 0.15) is 27.9 Å². The smallest absolute Gasteiger partial charge is 0.326 e. The Morgan fingerprint density at radius 2 is 2.08 bits per heavy atom. The van der Waals surface area contributed by atoms with Crippen molar-refractivity contribution in [1.82, 2.24) is 19.8 Å². The molecule has 184 valence electrons. The van der Waals surface area contributed by atoms with E-state index in [-0.39, 0.29) is 11.8 Å². The van der Waals surface area contributed by atoms with Crippen LogP contribution < -0.4 is 5.32 Å². The number of halogens is 3. The third-order valence-electron chi connectivity index (χ3n) is 6.50. The molecule has 0 atom stereocenters. The maximum atomic E-state index is 13.9. The summed E-state index contributed by atoms with van der Waals surface area (Å²) in [6.07, 6.45) is 6.41. The van der Waals surface area contributed by atoms with Crippen molar-refractivity contribution in [2.24, 2.45) is 0 Å². The first-order valence-electron chi connectivity index (χ1n) is 11.7. The Labute approximate surface area is 222 Å². The van der Waals surface area contributed by atoms with Crippen molar-refractivity contribution < 1.29 is 9.18 Å². The van der Waals surface area contributed by atoms with Crippen LogP contribution in [0.15, 0.2) is 65.3 Å². The van der Waals surface area contributed by atoms with Gasteiger partial charge >= 0.3 is 6.03 Å². The first-order chi connectivity index (χ1) is 17.4. The molecule has 1 aliphatic heterocycles. The second-order valence-corrected chi connectivity index (χ2v) is 10.3. The maximum Gasteiger partial charge on any atom is 0.326 e. The van der Waals surface area contributed by atoms with E-state index in [0.29, 0.717) is 17.3 Å². The number of pyridine rings is 1. The third-order valence-corrected chi connectivity index (χ3v) is 7.20. The molecule has 1 N–H and O–H groups in total. The van der Waals surface area contributed by atoms with Crippen molar-refractivity contribution >= 4 is 50.5 Å². The number of hydrogen-bond donors (Lipinski definition) is 1. The van der Waals surface area contributed by atoms with Crippen LogP contribution in [-0.4, -0.2) is 33.6 Å². The van der Waals surface area contributed by atoms with Crippen LogP contribution in [0.5, 0.6) is 0 Å². The monoisotopic (exact) mass is 566 g/mol. The summed E-state index contributed by atoms with van der Waals surface area (Å²) in [5.74, 6) is -0.191. The molecule has 4 aromatic rings. The zero-order valence-corrected chi connectivity index (χ0v) is 22.1. The normalized spacial score (nSPS) is 13.9. The number of carbonyl (C=O) groups is 1. The molecule has 3 heterocycles. The summed E-state index contributed by atoms with van der Waals surface area (Å²) in [6, 6.07) is 14.7. The fourth-order valence-corrected chi connectivity index (χ4v) is 5.19. The van der Waals surface area contributed by atoms with Gasteiger partial charge in [-0.25, -0.2) is 14.2 Å². The lowest BCUT2D eigenvalue weighted by Crippen LogP contribution is -2.34. The first kappa shape index (κ1) is 24.7. The average Bonchev–Trinajstić information content (AvgIpc) is 3.18.